The van der Waals surface area contributed by atoms with Gasteiger partial charge in [-0.2, -0.15) is 0 Å². The predicted molar refractivity (Wildman–Crippen MR) is 88.2 cm³/mol. The van der Waals surface area contributed by atoms with Gasteiger partial charge in [0.2, 0.25) is 0 Å². The van der Waals surface area contributed by atoms with Crippen LogP contribution < -0.4 is 16.6 Å². The van der Waals surface area contributed by atoms with E-state index in [0.29, 0.717) is 5.76 Å². The smallest absolute Gasteiger partial charge is 0.332 e. The number of nitrogens with one attached hydrogen (secondary N) is 1. The molecule has 25 heavy (non-hydrogen) atoms. The van der Waals surface area contributed by atoms with E-state index in [1.165, 1.54) is 37.2 Å². The molecular formula is C16H16N4O5. The molecule has 0 saturated heterocycles. The van der Waals surface area contributed by atoms with Crippen LogP contribution in [0.15, 0.2) is 44.7 Å². The number of carbonyl (C=O) groups is 1. The van der Waals surface area contributed by atoms with Crippen LogP contribution in [-0.4, -0.2) is 31.7 Å². The van der Waals surface area contributed by atoms with Crippen molar-refractivity contribution in [2.24, 2.45) is 14.1 Å². The van der Waals surface area contributed by atoms with Crippen LogP contribution in [-0.2, 0) is 14.1 Å². The van der Waals surface area contributed by atoms with E-state index in [-0.39, 0.29) is 23.1 Å². The summed E-state index contributed by atoms with van der Waals surface area (Å²) >= 11 is 0. The van der Waals surface area contributed by atoms with Crippen molar-refractivity contribution in [2.75, 3.05) is 6.54 Å². The molecule has 0 bridgehead atoms. The third-order valence-corrected chi connectivity index (χ3v) is 3.88. The summed E-state index contributed by atoms with van der Waals surface area (Å²) < 4.78 is 7.24. The second-order valence-corrected chi connectivity index (χ2v) is 5.54. The summed E-state index contributed by atoms with van der Waals surface area (Å²) in [4.78, 5) is 40.4. The standard InChI is InChI=1S/C16H16N4O5/c1-19-13-10(15(23)20(2)16(19)24)6-9(7-17-13)14(22)18-8-11(21)12-4-3-5-25-12/h3-7,11,21H,8H2,1-2H3,(H,18,22). The molecule has 130 valence electrons. The Labute approximate surface area is 141 Å². The van der Waals surface area contributed by atoms with Gasteiger partial charge in [-0.1, -0.05) is 0 Å². The molecule has 3 aromatic heterocycles. The molecule has 1 unspecified atom stereocenters. The molecule has 0 saturated carbocycles. The fourth-order valence-electron chi connectivity index (χ4n) is 2.46. The summed E-state index contributed by atoms with van der Waals surface area (Å²) in [6.45, 7) is -0.0599. The molecule has 0 aromatic carbocycles. The number of hydrogen-bond acceptors (Lipinski definition) is 6. The monoisotopic (exact) mass is 344 g/mol. The van der Waals surface area contributed by atoms with Gasteiger partial charge in [0.05, 0.1) is 23.8 Å². The van der Waals surface area contributed by atoms with Crippen molar-refractivity contribution in [3.63, 3.8) is 0 Å². The number of amides is 1. The molecule has 0 radical (unpaired) electrons. The lowest BCUT2D eigenvalue weighted by molar-refractivity contribution is 0.0901. The van der Waals surface area contributed by atoms with E-state index >= 15 is 0 Å². The van der Waals surface area contributed by atoms with Crippen molar-refractivity contribution in [1.29, 1.82) is 0 Å². The second-order valence-electron chi connectivity index (χ2n) is 5.54. The minimum atomic E-state index is -0.985. The molecule has 9 nitrogen and oxygen atoms in total. The lowest BCUT2D eigenvalue weighted by Gasteiger charge is -2.10. The number of aliphatic hydroxyl groups is 1. The summed E-state index contributed by atoms with van der Waals surface area (Å²) in [5, 5.41) is 12.6. The molecule has 0 aliphatic carbocycles. The molecular weight excluding hydrogens is 328 g/mol. The Morgan fingerprint density at radius 1 is 1.36 bits per heavy atom. The number of hydrogen-bond donors (Lipinski definition) is 2. The molecule has 3 heterocycles. The fraction of sp³-hybridized carbons (Fsp3) is 0.250. The van der Waals surface area contributed by atoms with Gasteiger partial charge in [0.1, 0.15) is 17.5 Å². The first-order valence-corrected chi connectivity index (χ1v) is 7.45. The average molecular weight is 344 g/mol. The van der Waals surface area contributed by atoms with Gasteiger partial charge >= 0.3 is 5.69 Å². The van der Waals surface area contributed by atoms with E-state index in [4.69, 9.17) is 4.42 Å². The van der Waals surface area contributed by atoms with Crippen molar-refractivity contribution in [2.45, 2.75) is 6.10 Å². The first-order valence-electron chi connectivity index (χ1n) is 7.45. The maximum Gasteiger partial charge on any atom is 0.332 e. The van der Waals surface area contributed by atoms with E-state index in [0.717, 1.165) is 4.57 Å². The minimum absolute atomic E-state index is 0.0599. The summed E-state index contributed by atoms with van der Waals surface area (Å²) in [7, 11) is 2.85. The highest BCUT2D eigenvalue weighted by atomic mass is 16.4. The first-order chi connectivity index (χ1) is 11.9. The van der Waals surface area contributed by atoms with Crippen LogP contribution in [0.5, 0.6) is 0 Å². The Bertz CT molecular complexity index is 1050. The maximum absolute atomic E-state index is 12.2. The number of rotatable bonds is 4. The van der Waals surface area contributed by atoms with Gasteiger partial charge in [0.15, 0.2) is 0 Å². The Balaban J connectivity index is 1.87. The van der Waals surface area contributed by atoms with Crippen molar-refractivity contribution >= 4 is 16.9 Å². The van der Waals surface area contributed by atoms with Crippen LogP contribution in [0.4, 0.5) is 0 Å². The zero-order valence-corrected chi connectivity index (χ0v) is 13.6. The normalized spacial score (nSPS) is 12.3. The van der Waals surface area contributed by atoms with Crippen LogP contribution in [0.25, 0.3) is 11.0 Å². The van der Waals surface area contributed by atoms with Gasteiger partial charge in [-0.05, 0) is 18.2 Å². The van der Waals surface area contributed by atoms with Crippen molar-refractivity contribution in [1.82, 2.24) is 19.4 Å². The quantitative estimate of drug-likeness (QED) is 0.670. The molecule has 0 aliphatic heterocycles. The van der Waals surface area contributed by atoms with Crippen molar-refractivity contribution in [3.8, 4) is 0 Å². The van der Waals surface area contributed by atoms with E-state index in [1.54, 1.807) is 12.1 Å². The van der Waals surface area contributed by atoms with Gasteiger partial charge < -0.3 is 14.8 Å². The van der Waals surface area contributed by atoms with Crippen LogP contribution in [0.3, 0.4) is 0 Å². The average Bonchev–Trinajstić information content (AvgIpc) is 3.16. The number of carbonyl (C=O) groups excluding carboxylic acids is 1. The van der Waals surface area contributed by atoms with Crippen LogP contribution in [0.2, 0.25) is 0 Å². The molecule has 0 fully saturated rings. The highest BCUT2D eigenvalue weighted by Gasteiger charge is 2.16. The maximum atomic E-state index is 12.2. The Hall–Kier alpha value is -3.20. The number of fused-ring (bicyclic) bond motifs is 1. The number of aromatic nitrogens is 3. The molecule has 9 heteroatoms. The van der Waals surface area contributed by atoms with Crippen molar-refractivity contribution in [3.05, 3.63) is 62.8 Å². The van der Waals surface area contributed by atoms with Gasteiger partial charge in [-0.15, -0.1) is 0 Å². The number of aliphatic hydroxyl groups excluding tert-OH is 1. The third kappa shape index (κ3) is 2.96. The van der Waals surface area contributed by atoms with E-state index < -0.39 is 23.3 Å². The van der Waals surface area contributed by atoms with E-state index in [2.05, 4.69) is 10.3 Å². The zero-order chi connectivity index (χ0) is 18.1. The number of aryl methyl sites for hydroxylation is 1. The highest BCUT2D eigenvalue weighted by molar-refractivity contribution is 5.96. The number of pyridine rings is 1. The summed E-state index contributed by atoms with van der Waals surface area (Å²) in [5.41, 5.74) is -0.685. The topological polar surface area (TPSA) is 119 Å². The van der Waals surface area contributed by atoms with Crippen LogP contribution in [0, 0.1) is 0 Å². The van der Waals surface area contributed by atoms with Crippen LogP contribution in [0.1, 0.15) is 22.2 Å². The SMILES string of the molecule is Cn1c(=O)c2cc(C(=O)NCC(O)c3ccco3)cnc2n(C)c1=O. The molecule has 2 N–H and O–H groups in total. The first kappa shape index (κ1) is 16.7. The van der Waals surface area contributed by atoms with E-state index in [9.17, 15) is 19.5 Å². The minimum Gasteiger partial charge on any atom is -0.467 e. The molecule has 0 spiro atoms. The molecule has 3 aromatic rings. The second kappa shape index (κ2) is 6.36. The number of nitrogens with zero attached hydrogens (tertiary/aromatic N) is 3. The third-order valence-electron chi connectivity index (χ3n) is 3.88. The summed E-state index contributed by atoms with van der Waals surface area (Å²) in [6, 6.07) is 4.60. The molecule has 0 aliphatic rings. The summed E-state index contributed by atoms with van der Waals surface area (Å²) in [6.07, 6.45) is 1.71. The predicted octanol–water partition coefficient (Wildman–Crippen LogP) is -0.311. The lowest BCUT2D eigenvalue weighted by Crippen LogP contribution is -2.37. The Morgan fingerprint density at radius 3 is 2.80 bits per heavy atom. The molecule has 3 rings (SSSR count). The largest absolute Gasteiger partial charge is 0.467 e. The van der Waals surface area contributed by atoms with Gasteiger partial charge in [-0.3, -0.25) is 18.7 Å². The fourth-order valence-corrected chi connectivity index (χ4v) is 2.46. The Morgan fingerprint density at radius 2 is 2.12 bits per heavy atom. The van der Waals surface area contributed by atoms with E-state index in [1.807, 2.05) is 0 Å². The van der Waals surface area contributed by atoms with Gasteiger partial charge in [0, 0.05) is 20.3 Å². The van der Waals surface area contributed by atoms with Crippen molar-refractivity contribution < 1.29 is 14.3 Å². The molecule has 1 amide bonds. The highest BCUT2D eigenvalue weighted by Crippen LogP contribution is 2.12. The van der Waals surface area contributed by atoms with Crippen LogP contribution >= 0.6 is 0 Å². The zero-order valence-electron chi connectivity index (χ0n) is 13.6. The van der Waals surface area contributed by atoms with Gasteiger partial charge in [-0.25, -0.2) is 9.78 Å². The Kier molecular flexibility index (Phi) is 4.24. The molecule has 1 atom stereocenters. The summed E-state index contributed by atoms with van der Waals surface area (Å²) in [5.74, 6) is -0.170. The van der Waals surface area contributed by atoms with Gasteiger partial charge in [0.25, 0.3) is 11.5 Å². The number of furan rings is 1. The lowest BCUT2D eigenvalue weighted by atomic mass is 10.2.